The van der Waals surface area contributed by atoms with Gasteiger partial charge in [0, 0.05) is 16.1 Å². The Balaban J connectivity index is 1.91. The van der Waals surface area contributed by atoms with Crippen molar-refractivity contribution in [2.75, 3.05) is 11.4 Å². The molecular weight excluding hydrogens is 368 g/mol. The largest absolute Gasteiger partial charge is 0.444 e. The number of fused-ring (bicyclic) bond motifs is 1. The summed E-state index contributed by atoms with van der Waals surface area (Å²) >= 11 is 6.11. The normalized spacial score (nSPS) is 15.7. The molecule has 0 spiro atoms. The Morgan fingerprint density at radius 1 is 1.26 bits per heavy atom. The maximum Gasteiger partial charge on any atom is 0.418 e. The third-order valence-electron chi connectivity index (χ3n) is 4.51. The molecular formula is C20H19ClN2O4. The highest BCUT2D eigenvalue weighted by atomic mass is 35.5. The highest BCUT2D eigenvalue weighted by Crippen LogP contribution is 2.40. The van der Waals surface area contributed by atoms with Crippen molar-refractivity contribution in [1.29, 1.82) is 0 Å². The lowest BCUT2D eigenvalue weighted by atomic mass is 9.86. The fourth-order valence-corrected chi connectivity index (χ4v) is 3.35. The molecule has 1 amide bonds. The number of benzene rings is 2. The number of halogens is 1. The topological polar surface area (TPSA) is 72.7 Å². The maximum absolute atomic E-state index is 12.7. The second-order valence-electron chi connectivity index (χ2n) is 6.24. The Hall–Kier alpha value is -2.86. The van der Waals surface area contributed by atoms with Crippen molar-refractivity contribution in [1.82, 2.24) is 0 Å². The predicted molar refractivity (Wildman–Crippen MR) is 104 cm³/mol. The van der Waals surface area contributed by atoms with Crippen LogP contribution in [0.4, 0.5) is 10.5 Å². The first-order valence-electron chi connectivity index (χ1n) is 8.61. The van der Waals surface area contributed by atoms with Gasteiger partial charge in [-0.3, -0.25) is 15.0 Å². The van der Waals surface area contributed by atoms with Crippen LogP contribution in [0.5, 0.6) is 0 Å². The number of amides is 1. The molecule has 2 aromatic rings. The number of rotatable bonds is 5. The van der Waals surface area contributed by atoms with Crippen LogP contribution in [-0.4, -0.2) is 17.6 Å². The molecule has 0 bridgehead atoms. The molecule has 3 rings (SSSR count). The van der Waals surface area contributed by atoms with Crippen LogP contribution in [0.1, 0.15) is 30.4 Å². The van der Waals surface area contributed by atoms with Gasteiger partial charge in [-0.25, -0.2) is 4.79 Å². The molecule has 0 fully saturated rings. The lowest BCUT2D eigenvalue weighted by Crippen LogP contribution is -2.32. The Bertz CT molecular complexity index is 883. The van der Waals surface area contributed by atoms with Crippen LogP contribution in [0.25, 0.3) is 0 Å². The molecule has 0 radical (unpaired) electrons. The van der Waals surface area contributed by atoms with E-state index < -0.39 is 12.0 Å². The number of nitrogens with zero attached hydrogens (tertiary/aromatic N) is 2. The summed E-state index contributed by atoms with van der Waals surface area (Å²) in [6.45, 7) is 1.81. The van der Waals surface area contributed by atoms with Crippen LogP contribution in [0.2, 0.25) is 5.02 Å². The number of carbonyl (C=O) groups excluding carboxylic acids is 1. The summed E-state index contributed by atoms with van der Waals surface area (Å²) in [6, 6.07) is 14.4. The summed E-state index contributed by atoms with van der Waals surface area (Å²) in [7, 11) is 0. The predicted octanol–water partition coefficient (Wildman–Crippen LogP) is 5.15. The number of hydrogen-bond acceptors (Lipinski definition) is 4. The first kappa shape index (κ1) is 18.9. The Morgan fingerprint density at radius 2 is 2.00 bits per heavy atom. The van der Waals surface area contributed by atoms with Crippen molar-refractivity contribution >= 4 is 23.4 Å². The molecule has 0 aliphatic carbocycles. The van der Waals surface area contributed by atoms with Crippen LogP contribution >= 0.6 is 11.6 Å². The average molecular weight is 387 g/mol. The van der Waals surface area contributed by atoms with E-state index in [2.05, 4.69) is 0 Å². The molecule has 6 nitrogen and oxygen atoms in total. The number of anilines is 1. The van der Waals surface area contributed by atoms with E-state index in [1.165, 1.54) is 4.90 Å². The minimum Gasteiger partial charge on any atom is -0.444 e. The van der Waals surface area contributed by atoms with E-state index in [4.69, 9.17) is 16.3 Å². The lowest BCUT2D eigenvalue weighted by molar-refractivity contribution is -0.482. The van der Waals surface area contributed by atoms with Crippen LogP contribution in [0.15, 0.2) is 60.3 Å². The first-order valence-corrected chi connectivity index (χ1v) is 8.99. The Morgan fingerprint density at radius 3 is 2.67 bits per heavy atom. The summed E-state index contributed by atoms with van der Waals surface area (Å²) in [5, 5.41) is 11.6. The molecule has 0 saturated heterocycles. The average Bonchev–Trinajstić information content (AvgIpc) is 2.66. The van der Waals surface area contributed by atoms with Crippen molar-refractivity contribution in [3.8, 4) is 0 Å². The fraction of sp³-hybridized carbons (Fsp3) is 0.250. The van der Waals surface area contributed by atoms with E-state index >= 15 is 0 Å². The highest BCUT2D eigenvalue weighted by Gasteiger charge is 2.33. The van der Waals surface area contributed by atoms with E-state index in [-0.39, 0.29) is 18.1 Å². The standard InChI is InChI=1S/C20H19ClN2O4/c1-2-15-11-22(20(24)27-13-14-6-4-3-5-7-14)19-10-16(21)8-9-17(19)18(15)12-23(25)26/h3-11,18H,2,12-13H2,1H3/t18-/m0/s1. The van der Waals surface area contributed by atoms with Gasteiger partial charge in [0.25, 0.3) is 0 Å². The third kappa shape index (κ3) is 4.28. The smallest absolute Gasteiger partial charge is 0.418 e. The van der Waals surface area contributed by atoms with Crippen molar-refractivity contribution < 1.29 is 14.5 Å². The molecule has 0 N–H and O–H groups in total. The zero-order chi connectivity index (χ0) is 19.4. The molecule has 0 unspecified atom stereocenters. The van der Waals surface area contributed by atoms with E-state index in [0.717, 1.165) is 11.1 Å². The van der Waals surface area contributed by atoms with Crippen LogP contribution < -0.4 is 4.90 Å². The summed E-state index contributed by atoms with van der Waals surface area (Å²) in [6.07, 6.45) is 1.68. The quantitative estimate of drug-likeness (QED) is 0.526. The number of ether oxygens (including phenoxy) is 1. The van der Waals surface area contributed by atoms with Crippen LogP contribution in [0.3, 0.4) is 0 Å². The van der Waals surface area contributed by atoms with E-state index in [9.17, 15) is 14.9 Å². The third-order valence-corrected chi connectivity index (χ3v) is 4.75. The van der Waals surface area contributed by atoms with Gasteiger partial charge in [0.2, 0.25) is 6.54 Å². The zero-order valence-corrected chi connectivity index (χ0v) is 15.6. The molecule has 1 aliphatic heterocycles. The molecule has 0 aromatic heterocycles. The number of nitro groups is 1. The summed E-state index contributed by atoms with van der Waals surface area (Å²) in [5.41, 5.74) is 2.90. The van der Waals surface area contributed by atoms with Crippen molar-refractivity contribution in [3.05, 3.63) is 86.6 Å². The number of carbonyl (C=O) groups is 1. The minimum absolute atomic E-state index is 0.139. The SMILES string of the molecule is CCC1=CN(C(=O)OCc2ccccc2)c2cc(Cl)ccc2[C@H]1C[N+](=O)[O-]. The number of hydrogen-bond donors (Lipinski definition) is 0. The molecule has 2 aromatic carbocycles. The minimum atomic E-state index is -0.548. The van der Waals surface area contributed by atoms with Crippen molar-refractivity contribution in [3.63, 3.8) is 0 Å². The zero-order valence-electron chi connectivity index (χ0n) is 14.8. The van der Waals surface area contributed by atoms with Gasteiger partial charge < -0.3 is 4.74 Å². The summed E-state index contributed by atoms with van der Waals surface area (Å²) in [4.78, 5) is 24.9. The van der Waals surface area contributed by atoms with E-state index in [1.807, 2.05) is 37.3 Å². The van der Waals surface area contributed by atoms with Gasteiger partial charge in [-0.1, -0.05) is 54.9 Å². The Kier molecular flexibility index (Phi) is 5.76. The summed E-state index contributed by atoms with van der Waals surface area (Å²) < 4.78 is 5.44. The highest BCUT2D eigenvalue weighted by molar-refractivity contribution is 6.31. The fourth-order valence-electron chi connectivity index (χ4n) is 3.19. The van der Waals surface area contributed by atoms with E-state index in [0.29, 0.717) is 22.7 Å². The molecule has 1 atom stereocenters. The second-order valence-corrected chi connectivity index (χ2v) is 6.68. The maximum atomic E-state index is 12.7. The van der Waals surface area contributed by atoms with Crippen molar-refractivity contribution in [2.24, 2.45) is 0 Å². The monoisotopic (exact) mass is 386 g/mol. The first-order chi connectivity index (χ1) is 13.0. The molecule has 7 heteroatoms. The molecule has 1 aliphatic rings. The molecule has 140 valence electrons. The molecule has 27 heavy (non-hydrogen) atoms. The lowest BCUT2D eigenvalue weighted by Gasteiger charge is -2.31. The van der Waals surface area contributed by atoms with Crippen LogP contribution in [0, 0.1) is 10.1 Å². The van der Waals surface area contributed by atoms with E-state index in [1.54, 1.807) is 24.4 Å². The van der Waals surface area contributed by atoms with Gasteiger partial charge in [-0.05, 0) is 35.3 Å². The van der Waals surface area contributed by atoms with Gasteiger partial charge in [-0.15, -0.1) is 0 Å². The Labute approximate surface area is 162 Å². The molecule has 0 saturated carbocycles. The van der Waals surface area contributed by atoms with Gasteiger partial charge >= 0.3 is 6.09 Å². The van der Waals surface area contributed by atoms with Crippen LogP contribution in [-0.2, 0) is 11.3 Å². The van der Waals surface area contributed by atoms with Crippen molar-refractivity contribution in [2.45, 2.75) is 25.9 Å². The van der Waals surface area contributed by atoms with Gasteiger partial charge in [0.15, 0.2) is 0 Å². The molecule has 1 heterocycles. The van der Waals surface area contributed by atoms with Gasteiger partial charge in [0.1, 0.15) is 6.61 Å². The second kappa shape index (κ2) is 8.22. The summed E-state index contributed by atoms with van der Waals surface area (Å²) in [5.74, 6) is -0.393. The van der Waals surface area contributed by atoms with Gasteiger partial charge in [-0.2, -0.15) is 0 Å². The van der Waals surface area contributed by atoms with Gasteiger partial charge in [0.05, 0.1) is 11.6 Å².